The lowest BCUT2D eigenvalue weighted by Gasteiger charge is -2.48. The Labute approximate surface area is 258 Å². The van der Waals surface area contributed by atoms with Crippen LogP contribution in [-0.2, 0) is 38.0 Å². The third kappa shape index (κ3) is 7.31. The number of ether oxygens (including phenoxy) is 7. The maximum absolute atomic E-state index is 11.4. The van der Waals surface area contributed by atoms with E-state index in [9.17, 15) is 76.3 Å². The smallest absolute Gasteiger partial charge is 0.335 e. The van der Waals surface area contributed by atoms with Crippen molar-refractivity contribution in [1.29, 1.82) is 0 Å². The van der Waals surface area contributed by atoms with E-state index in [-0.39, 0.29) is 0 Å². The second kappa shape index (κ2) is 15.5. The highest BCUT2D eigenvalue weighted by Gasteiger charge is 2.55. The molecule has 4 heterocycles. The minimum absolute atomic E-state index is 0.823. The zero-order chi connectivity index (χ0) is 34.2. The molecule has 46 heavy (non-hydrogen) atoms. The van der Waals surface area contributed by atoms with Crippen LogP contribution in [0.5, 0.6) is 0 Å². The molecule has 4 aliphatic rings. The fourth-order valence-corrected chi connectivity index (χ4v) is 5.53. The van der Waals surface area contributed by atoms with Crippen LogP contribution in [0.4, 0.5) is 0 Å². The molecule has 4 saturated heterocycles. The van der Waals surface area contributed by atoms with Crippen molar-refractivity contribution in [3.63, 3.8) is 0 Å². The number of hydrogen-bond donors (Lipinski definition) is 14. The third-order valence-corrected chi connectivity index (χ3v) is 8.17. The summed E-state index contributed by atoms with van der Waals surface area (Å²) in [6.45, 7) is -2.72. The van der Waals surface area contributed by atoms with Crippen molar-refractivity contribution < 1.29 is 109 Å². The number of hydrogen-bond acceptors (Lipinski definition) is 21. The summed E-state index contributed by atoms with van der Waals surface area (Å²) in [5, 5.41) is 142. The fourth-order valence-electron chi connectivity index (χ4n) is 5.53. The first-order valence-electron chi connectivity index (χ1n) is 14.1. The average Bonchev–Trinajstić information content (AvgIpc) is 3.03. The van der Waals surface area contributed by atoms with Crippen molar-refractivity contribution in [3.05, 3.63) is 0 Å². The van der Waals surface area contributed by atoms with Gasteiger partial charge in [0.15, 0.2) is 31.3 Å². The molecular weight excluding hydrogens is 640 g/mol. The highest BCUT2D eigenvalue weighted by molar-refractivity contribution is 5.73. The second-order valence-corrected chi connectivity index (χ2v) is 11.2. The van der Waals surface area contributed by atoms with E-state index >= 15 is 0 Å². The van der Waals surface area contributed by atoms with Crippen LogP contribution in [0.2, 0.25) is 0 Å². The molecule has 0 amide bonds. The van der Waals surface area contributed by atoms with Gasteiger partial charge in [-0.2, -0.15) is 0 Å². The van der Waals surface area contributed by atoms with E-state index < -0.39 is 149 Å². The van der Waals surface area contributed by atoms with Crippen LogP contribution in [-0.4, -0.2) is 220 Å². The predicted molar refractivity (Wildman–Crippen MR) is 134 cm³/mol. The first kappa shape index (κ1) is 37.5. The lowest BCUT2D eigenvalue weighted by atomic mass is 9.95. The molecule has 0 aromatic rings. The minimum Gasteiger partial charge on any atom is -0.479 e. The number of carboxylic acids is 1. The van der Waals surface area contributed by atoms with Crippen LogP contribution in [0.15, 0.2) is 0 Å². The first-order chi connectivity index (χ1) is 21.7. The standard InChI is InChI=1S/C24H40O22/c25-1-4-16(9(30)12(33)21(39)40-4)43-22-14(35)10(31)17(5(2-26)41-22)44-23-15(36)11(32)18(6(3-27)42-23)45-24-13(34)7(28)8(29)19(46-24)20(37)38/h4-19,21-36,39H,1-3H2,(H,37,38)/t4-,5-,6-,7+,8+,9-,10-,11-,12-,13-,14-,15-,16+,17-,18-,19+,21+,22-,23+,24-/m1/s1. The van der Waals surface area contributed by atoms with Gasteiger partial charge in [-0.3, -0.25) is 0 Å². The molecule has 0 saturated carbocycles. The van der Waals surface area contributed by atoms with E-state index in [1.54, 1.807) is 0 Å². The summed E-state index contributed by atoms with van der Waals surface area (Å²) < 4.78 is 37.2. The van der Waals surface area contributed by atoms with Crippen molar-refractivity contribution in [2.75, 3.05) is 19.8 Å². The number of rotatable bonds is 10. The molecule has 0 spiro atoms. The summed E-state index contributed by atoms with van der Waals surface area (Å²) in [6.07, 6.45) is -37.7. The Morgan fingerprint density at radius 2 is 0.804 bits per heavy atom. The van der Waals surface area contributed by atoms with Crippen LogP contribution in [0.1, 0.15) is 0 Å². The molecule has 268 valence electrons. The van der Waals surface area contributed by atoms with Crippen molar-refractivity contribution in [1.82, 2.24) is 0 Å². The SMILES string of the molecule is O=C(O)[C@H]1O[C@@H](O[C@H]2[C@H](O)[C@@H](O)[C@H](O[C@H]3[C@H](O)[C@@H](O)[C@@H](O[C@@H]4[C@H](O)[C@@H](O)[C@@H](O)O[C@@H]4CO)O[C@@H]3CO)O[C@@H]2CO)[C@H](O)[C@@H](O)[C@@H]1O. The second-order valence-electron chi connectivity index (χ2n) is 11.2. The normalized spacial score (nSPS) is 51.9. The van der Waals surface area contributed by atoms with Gasteiger partial charge in [-0.05, 0) is 0 Å². The van der Waals surface area contributed by atoms with E-state index in [2.05, 4.69) is 0 Å². The summed E-state index contributed by atoms with van der Waals surface area (Å²) >= 11 is 0. The van der Waals surface area contributed by atoms with Crippen LogP contribution in [0, 0.1) is 0 Å². The lowest BCUT2D eigenvalue weighted by Crippen LogP contribution is -2.67. The first-order valence-corrected chi connectivity index (χ1v) is 14.1. The average molecular weight is 681 g/mol. The molecular formula is C24H40O22. The Hall–Kier alpha value is -1.33. The Balaban J connectivity index is 1.44. The molecule has 20 atom stereocenters. The highest BCUT2D eigenvalue weighted by atomic mass is 16.8. The molecule has 22 heteroatoms. The number of carboxylic acid groups (broad SMARTS) is 1. The fraction of sp³-hybridized carbons (Fsp3) is 0.958. The van der Waals surface area contributed by atoms with Crippen LogP contribution < -0.4 is 0 Å². The molecule has 0 unspecified atom stereocenters. The van der Waals surface area contributed by atoms with Gasteiger partial charge in [-0.1, -0.05) is 0 Å². The van der Waals surface area contributed by atoms with Gasteiger partial charge in [-0.25, -0.2) is 4.79 Å². The van der Waals surface area contributed by atoms with E-state index in [0.29, 0.717) is 0 Å². The quantitative estimate of drug-likeness (QED) is 0.102. The van der Waals surface area contributed by atoms with Gasteiger partial charge >= 0.3 is 5.97 Å². The Morgan fingerprint density at radius 1 is 0.457 bits per heavy atom. The minimum atomic E-state index is -2.09. The Kier molecular flexibility index (Phi) is 12.6. The third-order valence-electron chi connectivity index (χ3n) is 8.17. The van der Waals surface area contributed by atoms with Crippen LogP contribution >= 0.6 is 0 Å². The maximum atomic E-state index is 11.4. The van der Waals surface area contributed by atoms with Gasteiger partial charge in [0.1, 0.15) is 91.6 Å². The van der Waals surface area contributed by atoms with Gasteiger partial charge in [-0.15, -0.1) is 0 Å². The van der Waals surface area contributed by atoms with E-state index in [1.807, 2.05) is 0 Å². The van der Waals surface area contributed by atoms with E-state index in [1.165, 1.54) is 0 Å². The van der Waals surface area contributed by atoms with E-state index in [4.69, 9.17) is 33.2 Å². The van der Waals surface area contributed by atoms with Crippen LogP contribution in [0.25, 0.3) is 0 Å². The Bertz CT molecular complexity index is 986. The van der Waals surface area contributed by atoms with Gasteiger partial charge in [0.25, 0.3) is 0 Å². The Morgan fingerprint density at radius 3 is 1.20 bits per heavy atom. The van der Waals surface area contributed by atoms with Gasteiger partial charge in [0.05, 0.1) is 19.8 Å². The summed E-state index contributed by atoms with van der Waals surface area (Å²) in [7, 11) is 0. The van der Waals surface area contributed by atoms with Crippen molar-refractivity contribution in [2.45, 2.75) is 123 Å². The zero-order valence-corrected chi connectivity index (χ0v) is 23.7. The summed E-state index contributed by atoms with van der Waals surface area (Å²) in [5.41, 5.74) is 0. The maximum Gasteiger partial charge on any atom is 0.335 e. The molecule has 0 bridgehead atoms. The highest BCUT2D eigenvalue weighted by Crippen LogP contribution is 2.34. The largest absolute Gasteiger partial charge is 0.479 e. The molecule has 0 aromatic heterocycles. The zero-order valence-electron chi connectivity index (χ0n) is 23.7. The molecule has 22 nitrogen and oxygen atoms in total. The molecule has 4 rings (SSSR count). The molecule has 14 N–H and O–H groups in total. The van der Waals surface area contributed by atoms with Gasteiger partial charge in [0, 0.05) is 0 Å². The summed E-state index contributed by atoms with van der Waals surface area (Å²) in [4.78, 5) is 11.4. The number of aliphatic hydroxyl groups excluding tert-OH is 13. The van der Waals surface area contributed by atoms with E-state index in [0.717, 1.165) is 0 Å². The monoisotopic (exact) mass is 680 g/mol. The van der Waals surface area contributed by atoms with Crippen molar-refractivity contribution in [2.24, 2.45) is 0 Å². The molecule has 0 aliphatic carbocycles. The van der Waals surface area contributed by atoms with Crippen LogP contribution in [0.3, 0.4) is 0 Å². The number of aliphatic carboxylic acids is 1. The predicted octanol–water partition coefficient (Wildman–Crippen LogP) is -9.66. The lowest BCUT2D eigenvalue weighted by molar-refractivity contribution is -0.386. The molecule has 0 radical (unpaired) electrons. The topological polar surface area (TPSA) is 365 Å². The summed E-state index contributed by atoms with van der Waals surface area (Å²) in [5.74, 6) is -1.73. The molecule has 4 aliphatic heterocycles. The molecule has 4 fully saturated rings. The van der Waals surface area contributed by atoms with Gasteiger partial charge in [0.2, 0.25) is 0 Å². The summed E-state index contributed by atoms with van der Waals surface area (Å²) in [6, 6.07) is 0. The number of carbonyl (C=O) groups is 1. The van der Waals surface area contributed by atoms with Gasteiger partial charge < -0.3 is 105 Å². The van der Waals surface area contributed by atoms with Crippen molar-refractivity contribution >= 4 is 5.97 Å². The molecule has 0 aromatic carbocycles. The number of aliphatic hydroxyl groups is 13. The van der Waals surface area contributed by atoms with Crippen molar-refractivity contribution in [3.8, 4) is 0 Å².